The number of nitriles is 1. The molecule has 3 saturated heterocycles. The minimum Gasteiger partial charge on any atom is -0.375 e. The predicted molar refractivity (Wildman–Crippen MR) is 53.8 cm³/mol. The molecule has 0 aromatic rings. The van der Waals surface area contributed by atoms with Gasteiger partial charge in [0.25, 0.3) is 0 Å². The monoisotopic (exact) mass is 194 g/mol. The van der Waals surface area contributed by atoms with Gasteiger partial charge in [-0.3, -0.25) is 4.90 Å². The molecule has 14 heavy (non-hydrogen) atoms. The molecule has 0 aliphatic carbocycles. The molecule has 3 unspecified atom stereocenters. The third-order valence-electron chi connectivity index (χ3n) is 3.36. The molecule has 0 spiro atoms. The van der Waals surface area contributed by atoms with Gasteiger partial charge in [-0.1, -0.05) is 0 Å². The van der Waals surface area contributed by atoms with E-state index in [-0.39, 0.29) is 6.10 Å². The average molecular weight is 194 g/mol. The summed E-state index contributed by atoms with van der Waals surface area (Å²) in [5.74, 6) is 0. The summed E-state index contributed by atoms with van der Waals surface area (Å²) in [7, 11) is 0. The van der Waals surface area contributed by atoms with Gasteiger partial charge in [0.2, 0.25) is 0 Å². The van der Waals surface area contributed by atoms with Crippen molar-refractivity contribution in [2.24, 2.45) is 0 Å². The van der Waals surface area contributed by atoms with Crippen LogP contribution in [0.3, 0.4) is 0 Å². The highest BCUT2D eigenvalue weighted by molar-refractivity contribution is 4.99. The number of nitrogens with zero attached hydrogens (tertiary/aromatic N) is 2. The molecule has 0 radical (unpaired) electrons. The number of fused-ring (bicyclic) bond motifs is 3. The Bertz CT molecular complexity index is 246. The molecule has 2 bridgehead atoms. The largest absolute Gasteiger partial charge is 0.375 e. The van der Waals surface area contributed by atoms with E-state index in [1.807, 2.05) is 0 Å². The molecule has 3 nitrogen and oxygen atoms in total. The van der Waals surface area contributed by atoms with Crippen LogP contribution >= 0.6 is 0 Å². The van der Waals surface area contributed by atoms with Crippen LogP contribution < -0.4 is 0 Å². The zero-order valence-electron chi connectivity index (χ0n) is 8.94. The molecule has 0 aromatic heterocycles. The Balaban J connectivity index is 1.96. The maximum atomic E-state index is 8.64. The summed E-state index contributed by atoms with van der Waals surface area (Å²) in [4.78, 5) is 2.54. The van der Waals surface area contributed by atoms with Crippen molar-refractivity contribution in [3.63, 3.8) is 0 Å². The number of ether oxygens (including phenoxy) is 1. The fourth-order valence-electron chi connectivity index (χ4n) is 2.80. The van der Waals surface area contributed by atoms with E-state index in [1.54, 1.807) is 0 Å². The first-order valence-electron chi connectivity index (χ1n) is 5.48. The Morgan fingerprint density at radius 2 is 2.21 bits per heavy atom. The summed E-state index contributed by atoms with van der Waals surface area (Å²) in [6.07, 6.45) is 3.04. The van der Waals surface area contributed by atoms with E-state index >= 15 is 0 Å². The molecule has 3 aliphatic heterocycles. The van der Waals surface area contributed by atoms with Gasteiger partial charge in [-0.2, -0.15) is 5.26 Å². The Morgan fingerprint density at radius 1 is 1.43 bits per heavy atom. The minimum absolute atomic E-state index is 0.179. The molecule has 3 fully saturated rings. The Hall–Kier alpha value is -0.590. The van der Waals surface area contributed by atoms with Crippen LogP contribution in [-0.2, 0) is 4.74 Å². The quantitative estimate of drug-likeness (QED) is 0.669. The molecule has 0 N–H and O–H groups in total. The molecule has 78 valence electrons. The molecule has 0 aromatic carbocycles. The van der Waals surface area contributed by atoms with E-state index in [2.05, 4.69) is 24.8 Å². The number of hydrogen-bond donors (Lipinski definition) is 0. The maximum absolute atomic E-state index is 8.64. The van der Waals surface area contributed by atoms with E-state index in [0.29, 0.717) is 24.5 Å². The van der Waals surface area contributed by atoms with Gasteiger partial charge in [0, 0.05) is 18.1 Å². The number of rotatable bonds is 2. The van der Waals surface area contributed by atoms with Crippen LogP contribution in [0.2, 0.25) is 0 Å². The Morgan fingerprint density at radius 3 is 2.86 bits per heavy atom. The lowest BCUT2D eigenvalue weighted by atomic mass is 9.88. The fourth-order valence-corrected chi connectivity index (χ4v) is 2.80. The van der Waals surface area contributed by atoms with E-state index < -0.39 is 0 Å². The van der Waals surface area contributed by atoms with Crippen LogP contribution in [-0.4, -0.2) is 35.7 Å². The second-order valence-corrected chi connectivity index (χ2v) is 4.64. The standard InChI is InChI=1S/C11H18N2O/c1-8(2)13-9-5-10(13)7-14-11(6-9)3-4-12/h8-11H,3,5-7H2,1-2H3. The lowest BCUT2D eigenvalue weighted by Gasteiger charge is -2.49. The van der Waals surface area contributed by atoms with Gasteiger partial charge in [0.15, 0.2) is 0 Å². The van der Waals surface area contributed by atoms with Crippen molar-refractivity contribution >= 4 is 0 Å². The van der Waals surface area contributed by atoms with Crippen LogP contribution in [0, 0.1) is 11.3 Å². The van der Waals surface area contributed by atoms with Crippen LogP contribution in [0.25, 0.3) is 0 Å². The van der Waals surface area contributed by atoms with Gasteiger partial charge in [0.1, 0.15) is 0 Å². The van der Waals surface area contributed by atoms with E-state index in [9.17, 15) is 0 Å². The van der Waals surface area contributed by atoms with Gasteiger partial charge in [-0.05, 0) is 26.7 Å². The van der Waals surface area contributed by atoms with Crippen molar-refractivity contribution < 1.29 is 4.74 Å². The third kappa shape index (κ3) is 1.65. The van der Waals surface area contributed by atoms with Crippen molar-refractivity contribution in [1.82, 2.24) is 4.90 Å². The molecule has 3 atom stereocenters. The highest BCUT2D eigenvalue weighted by Crippen LogP contribution is 2.35. The lowest BCUT2D eigenvalue weighted by Crippen LogP contribution is -2.59. The molecular formula is C11H18N2O. The van der Waals surface area contributed by atoms with Crippen molar-refractivity contribution in [2.75, 3.05) is 6.61 Å². The molecule has 3 heteroatoms. The first-order valence-corrected chi connectivity index (χ1v) is 5.48. The van der Waals surface area contributed by atoms with Gasteiger partial charge in [-0.25, -0.2) is 0 Å². The summed E-state index contributed by atoms with van der Waals surface area (Å²) < 4.78 is 5.71. The molecule has 0 saturated carbocycles. The average Bonchev–Trinajstić information content (AvgIpc) is 2.34. The number of hydrogen-bond acceptors (Lipinski definition) is 3. The van der Waals surface area contributed by atoms with Crippen LogP contribution in [0.15, 0.2) is 0 Å². The molecule has 3 aliphatic rings. The third-order valence-corrected chi connectivity index (χ3v) is 3.36. The van der Waals surface area contributed by atoms with Crippen molar-refractivity contribution in [3.8, 4) is 6.07 Å². The van der Waals surface area contributed by atoms with E-state index in [1.165, 1.54) is 6.42 Å². The zero-order valence-corrected chi connectivity index (χ0v) is 8.94. The highest BCUT2D eigenvalue weighted by atomic mass is 16.5. The first kappa shape index (κ1) is 9.95. The summed E-state index contributed by atoms with van der Waals surface area (Å²) >= 11 is 0. The van der Waals surface area contributed by atoms with Gasteiger partial charge in [-0.15, -0.1) is 0 Å². The predicted octanol–water partition coefficient (Wildman–Crippen LogP) is 1.54. The smallest absolute Gasteiger partial charge is 0.0720 e. The van der Waals surface area contributed by atoms with Crippen molar-refractivity contribution in [1.29, 1.82) is 5.26 Å². The molecule has 3 rings (SSSR count). The SMILES string of the molecule is CC(C)N1C2COC(CC#N)CC1C2. The van der Waals surface area contributed by atoms with Crippen molar-refractivity contribution in [3.05, 3.63) is 0 Å². The Kier molecular flexibility index (Phi) is 2.76. The maximum Gasteiger partial charge on any atom is 0.0720 e. The molecular weight excluding hydrogens is 176 g/mol. The second kappa shape index (κ2) is 3.88. The van der Waals surface area contributed by atoms with Gasteiger partial charge >= 0.3 is 0 Å². The van der Waals surface area contributed by atoms with Crippen molar-refractivity contribution in [2.45, 2.75) is 57.3 Å². The lowest BCUT2D eigenvalue weighted by molar-refractivity contribution is -0.0214. The summed E-state index contributed by atoms with van der Waals surface area (Å²) in [6.45, 7) is 5.30. The van der Waals surface area contributed by atoms with Crippen LogP contribution in [0.1, 0.15) is 33.1 Å². The van der Waals surface area contributed by atoms with Crippen LogP contribution in [0.4, 0.5) is 0 Å². The van der Waals surface area contributed by atoms with E-state index in [0.717, 1.165) is 13.0 Å². The molecule has 0 amide bonds. The summed E-state index contributed by atoms with van der Waals surface area (Å²) in [5, 5.41) is 8.64. The molecule has 3 heterocycles. The highest BCUT2D eigenvalue weighted by Gasteiger charge is 2.43. The first-order chi connectivity index (χ1) is 6.72. The Labute approximate surface area is 85.6 Å². The van der Waals surface area contributed by atoms with Gasteiger partial charge in [0.05, 0.1) is 25.2 Å². The second-order valence-electron chi connectivity index (χ2n) is 4.64. The topological polar surface area (TPSA) is 36.3 Å². The van der Waals surface area contributed by atoms with E-state index in [4.69, 9.17) is 10.00 Å². The zero-order chi connectivity index (χ0) is 10.1. The van der Waals surface area contributed by atoms with Crippen LogP contribution in [0.5, 0.6) is 0 Å². The van der Waals surface area contributed by atoms with Gasteiger partial charge < -0.3 is 4.74 Å². The summed E-state index contributed by atoms with van der Waals surface area (Å²) in [5.41, 5.74) is 0. The fraction of sp³-hybridized carbons (Fsp3) is 0.909. The minimum atomic E-state index is 0.179. The summed E-state index contributed by atoms with van der Waals surface area (Å²) in [6, 6.07) is 4.10. The normalized spacial score (nSPS) is 37.4.